The van der Waals surface area contributed by atoms with E-state index in [0.29, 0.717) is 12.6 Å². The van der Waals surface area contributed by atoms with Crippen molar-refractivity contribution in [1.82, 2.24) is 15.0 Å². The molecule has 6 nitrogen and oxygen atoms in total. The zero-order valence-electron chi connectivity index (χ0n) is 13.9. The van der Waals surface area contributed by atoms with E-state index in [2.05, 4.69) is 22.4 Å². The summed E-state index contributed by atoms with van der Waals surface area (Å²) in [6.07, 6.45) is 1.53. The molecule has 2 aromatic heterocycles. The summed E-state index contributed by atoms with van der Waals surface area (Å²) in [7, 11) is 1.72. The Labute approximate surface area is 139 Å². The number of nitrogens with zero attached hydrogens (tertiary/aromatic N) is 2. The lowest BCUT2D eigenvalue weighted by molar-refractivity contribution is -0.0379. The highest BCUT2D eigenvalue weighted by atomic mass is 32.1. The maximum Gasteiger partial charge on any atom is 0.263 e. The number of allylic oxidation sites excluding steroid dienone is 1. The van der Waals surface area contributed by atoms with Gasteiger partial charge in [-0.3, -0.25) is 14.8 Å². The van der Waals surface area contributed by atoms with Gasteiger partial charge in [0.25, 0.3) is 5.56 Å². The highest BCUT2D eigenvalue weighted by Crippen LogP contribution is 2.37. The van der Waals surface area contributed by atoms with Crippen molar-refractivity contribution in [3.63, 3.8) is 0 Å². The third-order valence-corrected chi connectivity index (χ3v) is 5.19. The summed E-state index contributed by atoms with van der Waals surface area (Å²) in [5.41, 5.74) is 7.59. The van der Waals surface area contributed by atoms with Crippen LogP contribution in [-0.2, 0) is 24.8 Å². The van der Waals surface area contributed by atoms with Crippen molar-refractivity contribution in [2.24, 2.45) is 7.05 Å². The van der Waals surface area contributed by atoms with Gasteiger partial charge in [0.1, 0.15) is 4.83 Å². The summed E-state index contributed by atoms with van der Waals surface area (Å²) in [6, 6.07) is 0. The predicted octanol–water partition coefficient (Wildman–Crippen LogP) is 2.69. The highest BCUT2D eigenvalue weighted by molar-refractivity contribution is 7.18. The van der Waals surface area contributed by atoms with Crippen LogP contribution in [0, 0.1) is 0 Å². The molecule has 23 heavy (non-hydrogen) atoms. The minimum absolute atomic E-state index is 0.0309. The van der Waals surface area contributed by atoms with E-state index < -0.39 is 0 Å². The first-order valence-corrected chi connectivity index (χ1v) is 8.49. The largest absolute Gasteiger partial charge is 0.370 e. The Balaban J connectivity index is 2.07. The van der Waals surface area contributed by atoms with Crippen LogP contribution in [-0.4, -0.2) is 15.2 Å². The quantitative estimate of drug-likeness (QED) is 0.842. The van der Waals surface area contributed by atoms with Gasteiger partial charge in [0, 0.05) is 24.0 Å². The number of thiophene rings is 1. The molecule has 0 aliphatic carbocycles. The van der Waals surface area contributed by atoms with Crippen molar-refractivity contribution >= 4 is 27.5 Å². The Kier molecular flexibility index (Phi) is 3.93. The average molecular weight is 334 g/mol. The number of hydrogen-bond donors (Lipinski definition) is 2. The zero-order chi connectivity index (χ0) is 16.8. The minimum Gasteiger partial charge on any atom is -0.370 e. The minimum atomic E-state index is -0.247. The topological polar surface area (TPSA) is 68.2 Å². The molecule has 1 aliphatic rings. The fourth-order valence-electron chi connectivity index (χ4n) is 2.62. The molecule has 3 heterocycles. The maximum absolute atomic E-state index is 12.8. The summed E-state index contributed by atoms with van der Waals surface area (Å²) < 4.78 is 7.38. The van der Waals surface area contributed by atoms with E-state index in [9.17, 15) is 4.79 Å². The molecular formula is C16H22N4O2S. The van der Waals surface area contributed by atoms with Crippen LogP contribution in [0.2, 0.25) is 0 Å². The van der Waals surface area contributed by atoms with Gasteiger partial charge in [0.2, 0.25) is 5.95 Å². The van der Waals surface area contributed by atoms with Crippen LogP contribution in [0.15, 0.2) is 17.1 Å². The second-order valence-electron chi connectivity index (χ2n) is 6.42. The van der Waals surface area contributed by atoms with Crippen LogP contribution in [0.5, 0.6) is 0 Å². The zero-order valence-corrected chi connectivity index (χ0v) is 14.8. The monoisotopic (exact) mass is 334 g/mol. The van der Waals surface area contributed by atoms with Crippen LogP contribution in [0.4, 0.5) is 5.95 Å². The van der Waals surface area contributed by atoms with Crippen molar-refractivity contribution in [3.8, 4) is 0 Å². The highest BCUT2D eigenvalue weighted by Gasteiger charge is 2.31. The lowest BCUT2D eigenvalue weighted by atomic mass is 9.94. The number of aromatic nitrogens is 2. The summed E-state index contributed by atoms with van der Waals surface area (Å²) in [5, 5.41) is 0.726. The molecule has 0 bridgehead atoms. The summed E-state index contributed by atoms with van der Waals surface area (Å²) in [5.74, 6) is 0.482. The molecule has 1 aliphatic heterocycles. The van der Waals surface area contributed by atoms with E-state index >= 15 is 0 Å². The standard InChI is InChI=1S/C16H22N4O2S/c1-6-9(2)18-19-15-17-13-12(14(21)20(15)5)10-7-16(3,4)22-8-11(10)23-13/h18H,2,6-8H2,1,3-5H3,(H,17,19). The SMILES string of the molecule is C=C(CC)NNc1nc2sc3c(c2c(=O)n1C)CC(C)(C)OC3. The fraction of sp³-hybridized carbons (Fsp3) is 0.500. The smallest absolute Gasteiger partial charge is 0.263 e. The molecule has 0 amide bonds. The van der Waals surface area contributed by atoms with Crippen LogP contribution in [0.1, 0.15) is 37.6 Å². The summed E-state index contributed by atoms with van der Waals surface area (Å²) >= 11 is 1.54. The first kappa shape index (κ1) is 16.0. The lowest BCUT2D eigenvalue weighted by Gasteiger charge is -2.29. The lowest BCUT2D eigenvalue weighted by Crippen LogP contribution is -2.32. The predicted molar refractivity (Wildman–Crippen MR) is 93.6 cm³/mol. The molecule has 2 N–H and O–H groups in total. The molecular weight excluding hydrogens is 312 g/mol. The average Bonchev–Trinajstić information content (AvgIpc) is 2.85. The Morgan fingerprint density at radius 3 is 2.96 bits per heavy atom. The molecule has 0 fully saturated rings. The number of nitrogens with one attached hydrogen (secondary N) is 2. The molecule has 0 atom stereocenters. The van der Waals surface area contributed by atoms with Gasteiger partial charge < -0.3 is 10.2 Å². The van der Waals surface area contributed by atoms with E-state index in [0.717, 1.165) is 39.2 Å². The molecule has 0 spiro atoms. The number of hydrazine groups is 1. The van der Waals surface area contributed by atoms with Gasteiger partial charge in [0.05, 0.1) is 17.6 Å². The van der Waals surface area contributed by atoms with Crippen molar-refractivity contribution in [2.45, 2.75) is 45.8 Å². The molecule has 0 aromatic carbocycles. The number of hydrogen-bond acceptors (Lipinski definition) is 6. The van der Waals surface area contributed by atoms with Crippen LogP contribution in [0.25, 0.3) is 10.2 Å². The third kappa shape index (κ3) is 2.86. The maximum atomic E-state index is 12.8. The molecule has 7 heteroatoms. The molecule has 0 saturated carbocycles. The summed E-state index contributed by atoms with van der Waals surface area (Å²) in [4.78, 5) is 19.3. The van der Waals surface area contributed by atoms with Gasteiger partial charge in [-0.05, 0) is 25.8 Å². The number of ether oxygens (including phenoxy) is 1. The van der Waals surface area contributed by atoms with Crippen LogP contribution < -0.4 is 16.4 Å². The summed E-state index contributed by atoms with van der Waals surface area (Å²) in [6.45, 7) is 10.5. The number of fused-ring (bicyclic) bond motifs is 3. The van der Waals surface area contributed by atoms with Gasteiger partial charge in [-0.15, -0.1) is 11.3 Å². The number of anilines is 1. The van der Waals surface area contributed by atoms with Gasteiger partial charge in [-0.25, -0.2) is 4.98 Å². The molecule has 0 saturated heterocycles. The van der Waals surface area contributed by atoms with E-state index in [4.69, 9.17) is 4.74 Å². The van der Waals surface area contributed by atoms with E-state index in [-0.39, 0.29) is 11.2 Å². The van der Waals surface area contributed by atoms with E-state index in [1.807, 2.05) is 20.8 Å². The molecule has 124 valence electrons. The van der Waals surface area contributed by atoms with Crippen molar-refractivity contribution < 1.29 is 4.74 Å². The first-order valence-electron chi connectivity index (χ1n) is 7.67. The molecule has 3 rings (SSSR count). The van der Waals surface area contributed by atoms with Crippen molar-refractivity contribution in [3.05, 3.63) is 33.1 Å². The molecule has 0 unspecified atom stereocenters. The van der Waals surface area contributed by atoms with Gasteiger partial charge in [0.15, 0.2) is 0 Å². The van der Waals surface area contributed by atoms with E-state index in [1.165, 1.54) is 15.9 Å². The Morgan fingerprint density at radius 1 is 1.52 bits per heavy atom. The normalized spacial score (nSPS) is 16.2. The van der Waals surface area contributed by atoms with Crippen molar-refractivity contribution in [1.29, 1.82) is 0 Å². The second-order valence-corrected chi connectivity index (χ2v) is 7.50. The Morgan fingerprint density at radius 2 is 2.26 bits per heavy atom. The number of rotatable bonds is 4. The fourth-order valence-corrected chi connectivity index (χ4v) is 3.71. The Hall–Kier alpha value is -1.86. The van der Waals surface area contributed by atoms with Gasteiger partial charge >= 0.3 is 0 Å². The van der Waals surface area contributed by atoms with Crippen molar-refractivity contribution in [2.75, 3.05) is 5.43 Å². The van der Waals surface area contributed by atoms with Gasteiger partial charge in [-0.1, -0.05) is 13.5 Å². The molecule has 2 aromatic rings. The third-order valence-electron chi connectivity index (χ3n) is 4.09. The van der Waals surface area contributed by atoms with Gasteiger partial charge in [-0.2, -0.15) is 0 Å². The second kappa shape index (κ2) is 5.65. The van der Waals surface area contributed by atoms with Crippen LogP contribution in [0.3, 0.4) is 0 Å². The molecule has 0 radical (unpaired) electrons. The first-order chi connectivity index (χ1) is 10.8. The van der Waals surface area contributed by atoms with Crippen LogP contribution >= 0.6 is 11.3 Å². The Bertz CT molecular complexity index is 835. The van der Waals surface area contributed by atoms with E-state index in [1.54, 1.807) is 7.05 Å².